The third-order valence-corrected chi connectivity index (χ3v) is 6.49. The fourth-order valence-electron chi connectivity index (χ4n) is 2.48. The highest BCUT2D eigenvalue weighted by Gasteiger charge is 2.14. The topological polar surface area (TPSA) is 76.1 Å². The average molecular weight is 422 g/mol. The lowest BCUT2D eigenvalue weighted by Gasteiger charge is -2.05. The molecule has 0 bridgehead atoms. The van der Waals surface area contributed by atoms with Crippen molar-refractivity contribution in [3.63, 3.8) is 0 Å². The van der Waals surface area contributed by atoms with Crippen LogP contribution in [0.5, 0.6) is 0 Å². The van der Waals surface area contributed by atoms with Crippen molar-refractivity contribution in [1.82, 2.24) is 4.98 Å². The SMILES string of the molecule is CCS(=O)(=O)c1ccc(CC(=O)Nc2nc(-c3ccc(F)cc3F)cs2)cc1. The highest BCUT2D eigenvalue weighted by Crippen LogP contribution is 2.27. The van der Waals surface area contributed by atoms with Gasteiger partial charge in [0.2, 0.25) is 5.91 Å². The molecule has 0 aliphatic carbocycles. The smallest absolute Gasteiger partial charge is 0.230 e. The van der Waals surface area contributed by atoms with Crippen molar-refractivity contribution >= 4 is 32.2 Å². The van der Waals surface area contributed by atoms with Crippen LogP contribution >= 0.6 is 11.3 Å². The number of sulfone groups is 1. The van der Waals surface area contributed by atoms with Gasteiger partial charge in [-0.1, -0.05) is 19.1 Å². The Morgan fingerprint density at radius 3 is 2.50 bits per heavy atom. The van der Waals surface area contributed by atoms with Gasteiger partial charge in [-0.15, -0.1) is 11.3 Å². The minimum Gasteiger partial charge on any atom is -0.302 e. The number of rotatable bonds is 6. The molecule has 1 heterocycles. The van der Waals surface area contributed by atoms with Crippen molar-refractivity contribution in [1.29, 1.82) is 0 Å². The Morgan fingerprint density at radius 2 is 1.86 bits per heavy atom. The molecule has 0 aliphatic heterocycles. The number of benzene rings is 2. The van der Waals surface area contributed by atoms with Gasteiger partial charge in [-0.2, -0.15) is 0 Å². The number of halogens is 2. The van der Waals surface area contributed by atoms with Gasteiger partial charge >= 0.3 is 0 Å². The molecule has 1 N–H and O–H groups in total. The van der Waals surface area contributed by atoms with Crippen LogP contribution in [-0.2, 0) is 21.1 Å². The molecule has 1 amide bonds. The average Bonchev–Trinajstić information content (AvgIpc) is 3.10. The molecule has 3 rings (SSSR count). The number of amides is 1. The highest BCUT2D eigenvalue weighted by atomic mass is 32.2. The Balaban J connectivity index is 1.66. The van der Waals surface area contributed by atoms with Crippen molar-refractivity contribution in [2.75, 3.05) is 11.1 Å². The molecular formula is C19H16F2N2O3S2. The van der Waals surface area contributed by atoms with Crippen LogP contribution < -0.4 is 5.32 Å². The van der Waals surface area contributed by atoms with Crippen LogP contribution in [-0.4, -0.2) is 25.1 Å². The van der Waals surface area contributed by atoms with Gasteiger partial charge in [0.1, 0.15) is 11.6 Å². The number of anilines is 1. The van der Waals surface area contributed by atoms with Crippen molar-refractivity contribution < 1.29 is 22.0 Å². The van der Waals surface area contributed by atoms with Crippen molar-refractivity contribution in [2.24, 2.45) is 0 Å². The molecule has 1 aromatic heterocycles. The summed E-state index contributed by atoms with van der Waals surface area (Å²) in [5.41, 5.74) is 1.09. The first kappa shape index (κ1) is 20.1. The summed E-state index contributed by atoms with van der Waals surface area (Å²) in [6.07, 6.45) is 0.0340. The third kappa shape index (κ3) is 4.60. The summed E-state index contributed by atoms with van der Waals surface area (Å²) in [5, 5.41) is 4.47. The lowest BCUT2D eigenvalue weighted by atomic mass is 10.1. The fourth-order valence-corrected chi connectivity index (χ4v) is 4.09. The normalized spacial score (nSPS) is 11.4. The molecule has 146 valence electrons. The first-order valence-corrected chi connectivity index (χ1v) is 10.8. The number of nitrogens with one attached hydrogen (secondary N) is 1. The molecule has 2 aromatic carbocycles. The maximum atomic E-state index is 13.8. The first-order valence-electron chi connectivity index (χ1n) is 8.31. The zero-order valence-electron chi connectivity index (χ0n) is 14.8. The van der Waals surface area contributed by atoms with Gasteiger partial charge in [0.25, 0.3) is 0 Å². The van der Waals surface area contributed by atoms with Crippen LogP contribution in [0.15, 0.2) is 52.7 Å². The predicted molar refractivity (Wildman–Crippen MR) is 104 cm³/mol. The van der Waals surface area contributed by atoms with Crippen molar-refractivity contribution in [2.45, 2.75) is 18.2 Å². The number of hydrogen-bond donors (Lipinski definition) is 1. The largest absolute Gasteiger partial charge is 0.302 e. The Labute approximate surface area is 165 Å². The minimum atomic E-state index is -3.28. The van der Waals surface area contributed by atoms with Crippen LogP contribution in [0, 0.1) is 11.6 Å². The second kappa shape index (κ2) is 8.15. The van der Waals surface area contributed by atoms with E-state index in [1.54, 1.807) is 24.4 Å². The van der Waals surface area contributed by atoms with E-state index in [4.69, 9.17) is 0 Å². The van der Waals surface area contributed by atoms with Gasteiger partial charge in [-0.05, 0) is 29.8 Å². The van der Waals surface area contributed by atoms with Gasteiger partial charge in [0, 0.05) is 17.0 Å². The number of nitrogens with zero attached hydrogens (tertiary/aromatic N) is 1. The Hall–Kier alpha value is -2.65. The molecule has 0 spiro atoms. The summed E-state index contributed by atoms with van der Waals surface area (Å²) in [7, 11) is -3.28. The molecule has 0 radical (unpaired) electrons. The number of aromatic nitrogens is 1. The summed E-state index contributed by atoms with van der Waals surface area (Å²) in [6, 6.07) is 9.32. The van der Waals surface area contributed by atoms with Gasteiger partial charge in [-0.3, -0.25) is 4.79 Å². The van der Waals surface area contributed by atoms with Crippen LogP contribution in [0.2, 0.25) is 0 Å². The monoisotopic (exact) mass is 422 g/mol. The Morgan fingerprint density at radius 1 is 1.14 bits per heavy atom. The summed E-state index contributed by atoms with van der Waals surface area (Å²) >= 11 is 1.12. The van der Waals surface area contributed by atoms with E-state index in [9.17, 15) is 22.0 Å². The molecule has 9 heteroatoms. The van der Waals surface area contributed by atoms with Crippen LogP contribution in [0.1, 0.15) is 12.5 Å². The minimum absolute atomic E-state index is 0.00780. The van der Waals surface area contributed by atoms with E-state index >= 15 is 0 Å². The molecule has 0 atom stereocenters. The zero-order chi connectivity index (χ0) is 20.3. The molecular weight excluding hydrogens is 406 g/mol. The number of carbonyl (C=O) groups excluding carboxylic acids is 1. The maximum absolute atomic E-state index is 13.8. The summed E-state index contributed by atoms with van der Waals surface area (Å²) in [5.74, 6) is -1.74. The molecule has 0 aliphatic rings. The van der Waals surface area contributed by atoms with E-state index in [1.165, 1.54) is 18.2 Å². The summed E-state index contributed by atoms with van der Waals surface area (Å²) in [6.45, 7) is 1.57. The van der Waals surface area contributed by atoms with E-state index in [2.05, 4.69) is 10.3 Å². The number of hydrogen-bond acceptors (Lipinski definition) is 5. The van der Waals surface area contributed by atoms with Gasteiger partial charge < -0.3 is 5.32 Å². The van der Waals surface area contributed by atoms with E-state index in [0.29, 0.717) is 11.3 Å². The quantitative estimate of drug-likeness (QED) is 0.650. The van der Waals surface area contributed by atoms with Crippen LogP contribution in [0.4, 0.5) is 13.9 Å². The van der Waals surface area contributed by atoms with E-state index in [0.717, 1.165) is 23.5 Å². The highest BCUT2D eigenvalue weighted by molar-refractivity contribution is 7.91. The summed E-state index contributed by atoms with van der Waals surface area (Å²) < 4.78 is 50.4. The fraction of sp³-hybridized carbons (Fsp3) is 0.158. The Kier molecular flexibility index (Phi) is 5.85. The molecule has 3 aromatic rings. The lowest BCUT2D eigenvalue weighted by molar-refractivity contribution is -0.115. The standard InChI is InChI=1S/C19H16F2N2O3S2/c1-2-28(25,26)14-6-3-12(4-7-14)9-18(24)23-19-22-17(11-27-19)15-8-5-13(20)10-16(15)21/h3-8,10-11H,2,9H2,1H3,(H,22,23,24). The van der Waals surface area contributed by atoms with Crippen LogP contribution in [0.25, 0.3) is 11.3 Å². The second-order valence-electron chi connectivity index (χ2n) is 5.93. The molecule has 0 saturated carbocycles. The van der Waals surface area contributed by atoms with Crippen molar-refractivity contribution in [3.05, 3.63) is 65.0 Å². The van der Waals surface area contributed by atoms with Gasteiger partial charge in [-0.25, -0.2) is 22.2 Å². The van der Waals surface area contributed by atoms with E-state index in [1.807, 2.05) is 0 Å². The number of thiazole rings is 1. The van der Waals surface area contributed by atoms with Crippen LogP contribution in [0.3, 0.4) is 0 Å². The van der Waals surface area contributed by atoms with E-state index in [-0.39, 0.29) is 33.7 Å². The molecule has 0 unspecified atom stereocenters. The van der Waals surface area contributed by atoms with Crippen molar-refractivity contribution in [3.8, 4) is 11.3 Å². The molecule has 0 saturated heterocycles. The second-order valence-corrected chi connectivity index (χ2v) is 9.07. The zero-order valence-corrected chi connectivity index (χ0v) is 16.4. The summed E-state index contributed by atoms with van der Waals surface area (Å²) in [4.78, 5) is 16.6. The lowest BCUT2D eigenvalue weighted by Crippen LogP contribution is -2.14. The third-order valence-electron chi connectivity index (χ3n) is 3.98. The van der Waals surface area contributed by atoms with E-state index < -0.39 is 21.5 Å². The number of carbonyl (C=O) groups is 1. The predicted octanol–water partition coefficient (Wildman–Crippen LogP) is 4.06. The Bertz CT molecular complexity index is 1110. The maximum Gasteiger partial charge on any atom is 0.230 e. The molecule has 5 nitrogen and oxygen atoms in total. The molecule has 0 fully saturated rings. The van der Waals surface area contributed by atoms with Gasteiger partial charge in [0.05, 0.1) is 22.8 Å². The molecule has 28 heavy (non-hydrogen) atoms. The van der Waals surface area contributed by atoms with Gasteiger partial charge in [0.15, 0.2) is 15.0 Å². The first-order chi connectivity index (χ1) is 13.3.